The predicted octanol–water partition coefficient (Wildman–Crippen LogP) is 6.25. The SMILES string of the molecule is O=C(CC(c1ccc(Cl)cc1)c1c[nH]c2cc(OCCCNc3ccccn3)ccc12)OC(=O)C(F)(F)F. The molecular formula is C27H23ClF3N3O4. The highest BCUT2D eigenvalue weighted by Crippen LogP contribution is 2.35. The molecule has 4 rings (SSSR count). The minimum atomic E-state index is -5.27. The van der Waals surface area contributed by atoms with E-state index in [9.17, 15) is 22.8 Å². The number of pyridine rings is 1. The number of esters is 2. The van der Waals surface area contributed by atoms with E-state index in [1.807, 2.05) is 18.2 Å². The Kier molecular flexibility index (Phi) is 8.52. The summed E-state index contributed by atoms with van der Waals surface area (Å²) in [5.74, 6) is -3.12. The molecule has 0 saturated carbocycles. The number of alkyl halides is 3. The van der Waals surface area contributed by atoms with Crippen LogP contribution in [0.2, 0.25) is 5.02 Å². The first kappa shape index (κ1) is 27.0. The van der Waals surface area contributed by atoms with Crippen molar-refractivity contribution in [2.24, 2.45) is 0 Å². The normalized spacial score (nSPS) is 12.2. The van der Waals surface area contributed by atoms with Gasteiger partial charge in [0.05, 0.1) is 13.0 Å². The Balaban J connectivity index is 1.46. The van der Waals surface area contributed by atoms with Gasteiger partial charge in [-0.25, -0.2) is 9.78 Å². The van der Waals surface area contributed by atoms with Gasteiger partial charge in [-0.15, -0.1) is 0 Å². The first-order valence-corrected chi connectivity index (χ1v) is 12.0. The van der Waals surface area contributed by atoms with Gasteiger partial charge in [0.15, 0.2) is 0 Å². The smallest absolute Gasteiger partial charge is 0.491 e. The van der Waals surface area contributed by atoms with Crippen LogP contribution in [0.5, 0.6) is 5.75 Å². The van der Waals surface area contributed by atoms with Crippen LogP contribution < -0.4 is 10.1 Å². The second kappa shape index (κ2) is 12.0. The molecule has 198 valence electrons. The van der Waals surface area contributed by atoms with Crippen molar-refractivity contribution in [3.63, 3.8) is 0 Å². The van der Waals surface area contributed by atoms with E-state index in [1.54, 1.807) is 54.9 Å². The number of benzene rings is 2. The summed E-state index contributed by atoms with van der Waals surface area (Å²) in [5, 5.41) is 4.40. The first-order chi connectivity index (χ1) is 18.2. The van der Waals surface area contributed by atoms with Crippen LogP contribution in [-0.2, 0) is 14.3 Å². The maximum absolute atomic E-state index is 12.6. The molecule has 0 radical (unpaired) electrons. The number of nitrogens with zero attached hydrogens (tertiary/aromatic N) is 1. The Bertz CT molecular complexity index is 1390. The zero-order valence-corrected chi connectivity index (χ0v) is 20.7. The molecule has 0 bridgehead atoms. The summed E-state index contributed by atoms with van der Waals surface area (Å²) >= 11 is 5.98. The molecule has 7 nitrogen and oxygen atoms in total. The number of hydrogen-bond donors (Lipinski definition) is 2. The molecular weight excluding hydrogens is 523 g/mol. The summed E-state index contributed by atoms with van der Waals surface area (Å²) in [4.78, 5) is 30.8. The molecule has 11 heteroatoms. The van der Waals surface area contributed by atoms with E-state index < -0.39 is 30.5 Å². The largest absolute Gasteiger partial charge is 0.493 e. The highest BCUT2D eigenvalue weighted by molar-refractivity contribution is 6.30. The van der Waals surface area contributed by atoms with Gasteiger partial charge in [-0.2, -0.15) is 13.2 Å². The van der Waals surface area contributed by atoms with E-state index in [2.05, 4.69) is 20.0 Å². The summed E-state index contributed by atoms with van der Waals surface area (Å²) in [7, 11) is 0. The Labute approximate surface area is 220 Å². The second-order valence-electron chi connectivity index (χ2n) is 8.36. The molecule has 2 aromatic carbocycles. The number of fused-ring (bicyclic) bond motifs is 1. The van der Waals surface area contributed by atoms with Gasteiger partial charge in [-0.05, 0) is 53.9 Å². The number of anilines is 1. The summed E-state index contributed by atoms with van der Waals surface area (Å²) in [6.07, 6.45) is -1.64. The summed E-state index contributed by atoms with van der Waals surface area (Å²) in [6.45, 7) is 1.15. The Morgan fingerprint density at radius 3 is 2.58 bits per heavy atom. The predicted molar refractivity (Wildman–Crippen MR) is 136 cm³/mol. The average molecular weight is 546 g/mol. The van der Waals surface area contributed by atoms with Crippen molar-refractivity contribution in [3.8, 4) is 5.75 Å². The Morgan fingerprint density at radius 1 is 1.08 bits per heavy atom. The van der Waals surface area contributed by atoms with Crippen molar-refractivity contribution in [1.29, 1.82) is 0 Å². The van der Waals surface area contributed by atoms with E-state index >= 15 is 0 Å². The van der Waals surface area contributed by atoms with Crippen molar-refractivity contribution in [3.05, 3.63) is 89.2 Å². The maximum Gasteiger partial charge on any atom is 0.491 e. The molecule has 2 heterocycles. The van der Waals surface area contributed by atoms with Crippen LogP contribution >= 0.6 is 11.6 Å². The third kappa shape index (κ3) is 7.04. The third-order valence-electron chi connectivity index (χ3n) is 5.70. The number of hydrogen-bond acceptors (Lipinski definition) is 6. The van der Waals surface area contributed by atoms with Gasteiger partial charge in [0.25, 0.3) is 0 Å². The van der Waals surface area contributed by atoms with Crippen molar-refractivity contribution in [2.45, 2.75) is 24.9 Å². The lowest BCUT2D eigenvalue weighted by atomic mass is 9.88. The Hall–Kier alpha value is -4.05. The maximum atomic E-state index is 12.6. The van der Waals surface area contributed by atoms with E-state index in [0.717, 1.165) is 17.6 Å². The van der Waals surface area contributed by atoms with Crippen LogP contribution in [-0.4, -0.2) is 41.2 Å². The molecule has 0 fully saturated rings. The van der Waals surface area contributed by atoms with E-state index in [4.69, 9.17) is 16.3 Å². The van der Waals surface area contributed by atoms with Crippen molar-refractivity contribution >= 4 is 40.3 Å². The summed E-state index contributed by atoms with van der Waals surface area (Å²) < 4.78 is 47.6. The van der Waals surface area contributed by atoms with Gasteiger partial charge in [-0.3, -0.25) is 4.79 Å². The summed E-state index contributed by atoms with van der Waals surface area (Å²) in [5.41, 5.74) is 1.97. The van der Waals surface area contributed by atoms with E-state index in [0.29, 0.717) is 40.6 Å². The fourth-order valence-electron chi connectivity index (χ4n) is 3.92. The number of nitrogens with one attached hydrogen (secondary N) is 2. The van der Waals surface area contributed by atoms with Crippen molar-refractivity contribution in [1.82, 2.24) is 9.97 Å². The number of rotatable bonds is 10. The molecule has 1 atom stereocenters. The summed E-state index contributed by atoms with van der Waals surface area (Å²) in [6, 6.07) is 17.6. The minimum absolute atomic E-state index is 0.457. The zero-order valence-electron chi connectivity index (χ0n) is 19.9. The first-order valence-electron chi connectivity index (χ1n) is 11.7. The Morgan fingerprint density at radius 2 is 1.87 bits per heavy atom. The highest BCUT2D eigenvalue weighted by atomic mass is 35.5. The van der Waals surface area contributed by atoms with Crippen molar-refractivity contribution < 1.29 is 32.2 Å². The van der Waals surface area contributed by atoms with Crippen LogP contribution in [0, 0.1) is 0 Å². The quantitative estimate of drug-likeness (QED) is 0.139. The standard InChI is InChI=1S/C27H23ClF3N3O4/c28-18-7-5-17(6-8-18)21(15-25(35)38-26(36)27(29,30)31)22-16-34-23-14-19(9-10-20(22)23)37-13-3-12-33-24-4-1-2-11-32-24/h1-2,4-11,14,16,21,34H,3,12-13,15H2,(H,32,33). The van der Waals surface area contributed by atoms with Crippen molar-refractivity contribution in [2.75, 3.05) is 18.5 Å². The molecule has 0 spiro atoms. The molecule has 4 aromatic rings. The second-order valence-corrected chi connectivity index (χ2v) is 8.80. The highest BCUT2D eigenvalue weighted by Gasteiger charge is 2.42. The van der Waals surface area contributed by atoms with Gasteiger partial charge >= 0.3 is 18.1 Å². The molecule has 38 heavy (non-hydrogen) atoms. The number of aromatic amines is 1. The molecule has 0 aliphatic rings. The van der Waals surface area contributed by atoms with Gasteiger partial charge < -0.3 is 19.8 Å². The molecule has 1 unspecified atom stereocenters. The fraction of sp³-hybridized carbons (Fsp3) is 0.222. The van der Waals surface area contributed by atoms with Crippen LogP contribution in [0.25, 0.3) is 10.9 Å². The number of H-pyrrole nitrogens is 1. The topological polar surface area (TPSA) is 93.3 Å². The number of carbonyl (C=O) groups is 2. The average Bonchev–Trinajstić information content (AvgIpc) is 3.31. The molecule has 0 aliphatic carbocycles. The molecule has 0 saturated heterocycles. The zero-order chi connectivity index (χ0) is 27.1. The van der Waals surface area contributed by atoms with Gasteiger partial charge in [0.2, 0.25) is 0 Å². The molecule has 0 aliphatic heterocycles. The van der Waals surface area contributed by atoms with E-state index in [1.165, 1.54) is 0 Å². The van der Waals surface area contributed by atoms with Gasteiger partial charge in [-0.1, -0.05) is 29.8 Å². The monoisotopic (exact) mass is 545 g/mol. The minimum Gasteiger partial charge on any atom is -0.493 e. The third-order valence-corrected chi connectivity index (χ3v) is 5.95. The lowest BCUT2D eigenvalue weighted by Gasteiger charge is -2.17. The number of aromatic nitrogens is 2. The van der Waals surface area contributed by atoms with Crippen LogP contribution in [0.1, 0.15) is 29.9 Å². The molecule has 2 N–H and O–H groups in total. The molecule has 2 aromatic heterocycles. The van der Waals surface area contributed by atoms with Crippen LogP contribution in [0.3, 0.4) is 0 Å². The van der Waals surface area contributed by atoms with Crippen LogP contribution in [0.15, 0.2) is 73.1 Å². The lowest BCUT2D eigenvalue weighted by molar-refractivity contribution is -0.201. The molecule has 0 amide bonds. The van der Waals surface area contributed by atoms with Crippen LogP contribution in [0.4, 0.5) is 19.0 Å². The van der Waals surface area contributed by atoms with Gasteiger partial charge in [0.1, 0.15) is 11.6 Å². The number of carbonyl (C=O) groups excluding carboxylic acids is 2. The lowest BCUT2D eigenvalue weighted by Crippen LogP contribution is -2.28. The number of halogens is 4. The van der Waals surface area contributed by atoms with E-state index in [-0.39, 0.29) is 0 Å². The van der Waals surface area contributed by atoms with Gasteiger partial charge in [0, 0.05) is 46.8 Å². The fourth-order valence-corrected chi connectivity index (χ4v) is 4.05. The number of ether oxygens (including phenoxy) is 2.